The quantitative estimate of drug-likeness (QED) is 0.771. The van der Waals surface area contributed by atoms with Crippen LogP contribution in [0.2, 0.25) is 0 Å². The van der Waals surface area contributed by atoms with Gasteiger partial charge in [-0.1, -0.05) is 17.7 Å². The fraction of sp³-hybridized carbons (Fsp3) is 0.300. The molecule has 5 nitrogen and oxygen atoms in total. The van der Waals surface area contributed by atoms with Crippen molar-refractivity contribution in [2.75, 3.05) is 0 Å². The van der Waals surface area contributed by atoms with Gasteiger partial charge in [-0.2, -0.15) is 0 Å². The van der Waals surface area contributed by atoms with Gasteiger partial charge in [0.15, 0.2) is 9.84 Å². The summed E-state index contributed by atoms with van der Waals surface area (Å²) >= 11 is 0. The molecule has 16 heavy (non-hydrogen) atoms. The standard InChI is InChI=1S/C10H14N2O3S/c1-7-2-4-8(5-3-7)16(14,15)10(12)6-9(11)13/h2-5,10H,6,12H2,1H3,(H2,11,13). The summed E-state index contributed by atoms with van der Waals surface area (Å²) in [6, 6.07) is 6.27. The van der Waals surface area contributed by atoms with Gasteiger partial charge in [-0.3, -0.25) is 4.79 Å². The summed E-state index contributed by atoms with van der Waals surface area (Å²) in [5.74, 6) is -0.733. The van der Waals surface area contributed by atoms with E-state index in [2.05, 4.69) is 0 Å². The van der Waals surface area contributed by atoms with E-state index in [-0.39, 0.29) is 11.3 Å². The lowest BCUT2D eigenvalue weighted by atomic mass is 10.2. The van der Waals surface area contributed by atoms with Crippen LogP contribution in [0.1, 0.15) is 12.0 Å². The number of hydrogen-bond acceptors (Lipinski definition) is 4. The van der Waals surface area contributed by atoms with Crippen molar-refractivity contribution >= 4 is 15.7 Å². The summed E-state index contributed by atoms with van der Waals surface area (Å²) in [6.45, 7) is 1.85. The number of sulfone groups is 1. The SMILES string of the molecule is Cc1ccc(S(=O)(=O)C(N)CC(N)=O)cc1. The predicted molar refractivity (Wildman–Crippen MR) is 60.2 cm³/mol. The Hall–Kier alpha value is -1.40. The molecule has 0 saturated carbocycles. The summed E-state index contributed by atoms with van der Waals surface area (Å²) < 4.78 is 23.7. The van der Waals surface area contributed by atoms with E-state index in [1.165, 1.54) is 12.1 Å². The summed E-state index contributed by atoms with van der Waals surface area (Å²) in [4.78, 5) is 10.7. The number of primary amides is 1. The highest BCUT2D eigenvalue weighted by molar-refractivity contribution is 7.92. The van der Waals surface area contributed by atoms with E-state index in [1.54, 1.807) is 12.1 Å². The van der Waals surface area contributed by atoms with Gasteiger partial charge in [0.25, 0.3) is 0 Å². The highest BCUT2D eigenvalue weighted by atomic mass is 32.2. The van der Waals surface area contributed by atoms with Crippen LogP contribution in [0, 0.1) is 6.92 Å². The normalized spacial score (nSPS) is 13.4. The van der Waals surface area contributed by atoms with Gasteiger partial charge in [-0.25, -0.2) is 8.42 Å². The van der Waals surface area contributed by atoms with E-state index >= 15 is 0 Å². The monoisotopic (exact) mass is 242 g/mol. The van der Waals surface area contributed by atoms with Gasteiger partial charge in [0.2, 0.25) is 5.91 Å². The third-order valence-corrected chi connectivity index (χ3v) is 4.04. The highest BCUT2D eigenvalue weighted by Gasteiger charge is 2.25. The smallest absolute Gasteiger partial charge is 0.220 e. The zero-order valence-corrected chi connectivity index (χ0v) is 9.70. The van der Waals surface area contributed by atoms with Crippen molar-refractivity contribution in [3.05, 3.63) is 29.8 Å². The number of benzene rings is 1. The van der Waals surface area contributed by atoms with Gasteiger partial charge < -0.3 is 11.5 Å². The lowest BCUT2D eigenvalue weighted by molar-refractivity contribution is -0.118. The first-order valence-electron chi connectivity index (χ1n) is 4.68. The van der Waals surface area contributed by atoms with E-state index in [9.17, 15) is 13.2 Å². The van der Waals surface area contributed by atoms with Crippen molar-refractivity contribution in [2.24, 2.45) is 11.5 Å². The Morgan fingerprint density at radius 1 is 1.31 bits per heavy atom. The molecule has 0 radical (unpaired) electrons. The second-order valence-corrected chi connectivity index (χ2v) is 5.73. The van der Waals surface area contributed by atoms with Crippen LogP contribution in [0.15, 0.2) is 29.2 Å². The molecule has 0 saturated heterocycles. The van der Waals surface area contributed by atoms with E-state index in [0.717, 1.165) is 5.56 Å². The van der Waals surface area contributed by atoms with Crippen LogP contribution in [-0.4, -0.2) is 19.7 Å². The zero-order valence-electron chi connectivity index (χ0n) is 8.88. The van der Waals surface area contributed by atoms with Crippen molar-refractivity contribution in [2.45, 2.75) is 23.6 Å². The number of hydrogen-bond donors (Lipinski definition) is 2. The molecule has 4 N–H and O–H groups in total. The molecular weight excluding hydrogens is 228 g/mol. The third kappa shape index (κ3) is 2.80. The Bertz CT molecular complexity index is 479. The third-order valence-electron chi connectivity index (χ3n) is 2.15. The highest BCUT2D eigenvalue weighted by Crippen LogP contribution is 2.15. The number of carbonyl (C=O) groups excluding carboxylic acids is 1. The van der Waals surface area contributed by atoms with E-state index in [1.807, 2.05) is 6.92 Å². The maximum Gasteiger partial charge on any atom is 0.220 e. The molecule has 6 heteroatoms. The minimum Gasteiger partial charge on any atom is -0.370 e. The molecule has 1 aromatic carbocycles. The molecular formula is C10H14N2O3S. The molecule has 1 unspecified atom stereocenters. The van der Waals surface area contributed by atoms with Crippen molar-refractivity contribution in [1.29, 1.82) is 0 Å². The fourth-order valence-corrected chi connectivity index (χ4v) is 2.46. The Kier molecular flexibility index (Phi) is 3.66. The second kappa shape index (κ2) is 4.63. The molecule has 1 atom stereocenters. The average Bonchev–Trinajstić information content (AvgIpc) is 2.17. The first kappa shape index (κ1) is 12.7. The maximum atomic E-state index is 11.8. The van der Waals surface area contributed by atoms with Gasteiger partial charge in [0, 0.05) is 0 Å². The molecule has 0 spiro atoms. The van der Waals surface area contributed by atoms with Gasteiger partial charge in [-0.05, 0) is 19.1 Å². The molecule has 1 aromatic rings. The van der Waals surface area contributed by atoms with Crippen LogP contribution in [0.4, 0.5) is 0 Å². The molecule has 0 aliphatic carbocycles. The van der Waals surface area contributed by atoms with Crippen LogP contribution < -0.4 is 11.5 Å². The minimum absolute atomic E-state index is 0.104. The number of amides is 1. The van der Waals surface area contributed by atoms with Gasteiger partial charge in [0.05, 0.1) is 11.3 Å². The lowest BCUT2D eigenvalue weighted by Crippen LogP contribution is -2.35. The van der Waals surface area contributed by atoms with Crippen molar-refractivity contribution in [3.63, 3.8) is 0 Å². The molecule has 88 valence electrons. The molecule has 0 aromatic heterocycles. The fourth-order valence-electron chi connectivity index (χ4n) is 1.21. The van der Waals surface area contributed by atoms with E-state index in [0.29, 0.717) is 0 Å². The summed E-state index contributed by atoms with van der Waals surface area (Å²) in [7, 11) is -3.67. The topological polar surface area (TPSA) is 103 Å². The summed E-state index contributed by atoms with van der Waals surface area (Å²) in [5.41, 5.74) is 11.3. The maximum absolute atomic E-state index is 11.8. The lowest BCUT2D eigenvalue weighted by Gasteiger charge is -2.11. The number of rotatable bonds is 4. The van der Waals surface area contributed by atoms with E-state index < -0.39 is 21.1 Å². The molecule has 0 fully saturated rings. The van der Waals surface area contributed by atoms with Crippen molar-refractivity contribution in [3.8, 4) is 0 Å². The Morgan fingerprint density at radius 3 is 2.25 bits per heavy atom. The summed E-state index contributed by atoms with van der Waals surface area (Å²) in [5, 5.41) is -1.28. The largest absolute Gasteiger partial charge is 0.370 e. The molecule has 1 rings (SSSR count). The van der Waals surface area contributed by atoms with Gasteiger partial charge in [-0.15, -0.1) is 0 Å². The van der Waals surface area contributed by atoms with Crippen molar-refractivity contribution in [1.82, 2.24) is 0 Å². The number of carbonyl (C=O) groups is 1. The molecule has 0 heterocycles. The predicted octanol–water partition coefficient (Wildman–Crippen LogP) is -0.0711. The van der Waals surface area contributed by atoms with Crippen LogP contribution >= 0.6 is 0 Å². The van der Waals surface area contributed by atoms with E-state index in [4.69, 9.17) is 11.5 Å². The van der Waals surface area contributed by atoms with Crippen LogP contribution in [0.5, 0.6) is 0 Å². The number of nitrogens with two attached hydrogens (primary N) is 2. The first-order valence-corrected chi connectivity index (χ1v) is 6.23. The van der Waals surface area contributed by atoms with Crippen LogP contribution in [0.25, 0.3) is 0 Å². The van der Waals surface area contributed by atoms with Gasteiger partial charge >= 0.3 is 0 Å². The van der Waals surface area contributed by atoms with Crippen LogP contribution in [0.3, 0.4) is 0 Å². The zero-order chi connectivity index (χ0) is 12.3. The van der Waals surface area contributed by atoms with Crippen molar-refractivity contribution < 1.29 is 13.2 Å². The summed E-state index contributed by atoms with van der Waals surface area (Å²) in [6.07, 6.45) is -0.379. The Labute approximate surface area is 94.4 Å². The Balaban J connectivity index is 3.02. The Morgan fingerprint density at radius 2 is 1.81 bits per heavy atom. The van der Waals surface area contributed by atoms with Gasteiger partial charge in [0.1, 0.15) is 5.37 Å². The molecule has 0 bridgehead atoms. The average molecular weight is 242 g/mol. The van der Waals surface area contributed by atoms with Crippen LogP contribution in [-0.2, 0) is 14.6 Å². The second-order valence-electron chi connectivity index (χ2n) is 3.57. The minimum atomic E-state index is -3.67. The molecule has 1 amide bonds. The molecule has 0 aliphatic heterocycles. The first-order chi connectivity index (χ1) is 7.34. The number of aryl methyl sites for hydroxylation is 1. The molecule has 0 aliphatic rings.